The molecule has 0 aliphatic carbocycles. The molecule has 0 aliphatic rings. The highest BCUT2D eigenvalue weighted by atomic mass is 16.4. The first kappa shape index (κ1) is 65.5. The highest BCUT2D eigenvalue weighted by molar-refractivity contribution is 5.67. The summed E-state index contributed by atoms with van der Waals surface area (Å²) < 4.78 is 0. The Morgan fingerprint density at radius 2 is 0.305 bits per heavy atom. The second-order valence-electron chi connectivity index (χ2n) is 16.0. The van der Waals surface area contributed by atoms with Gasteiger partial charge in [-0.3, -0.25) is 24.0 Å². The summed E-state index contributed by atoms with van der Waals surface area (Å²) in [5.41, 5.74) is 0. The van der Waals surface area contributed by atoms with E-state index in [1.54, 1.807) is 0 Å². The van der Waals surface area contributed by atoms with Gasteiger partial charge in [-0.25, -0.2) is 0 Å². The van der Waals surface area contributed by atoms with Crippen LogP contribution in [0.3, 0.4) is 0 Å². The molecule has 0 amide bonds. The van der Waals surface area contributed by atoms with Gasteiger partial charge in [-0.05, 0) is 32.1 Å². The second-order valence-corrected chi connectivity index (χ2v) is 16.0. The van der Waals surface area contributed by atoms with E-state index in [2.05, 4.69) is 34.6 Å². The van der Waals surface area contributed by atoms with E-state index < -0.39 is 29.8 Å². The number of unbranched alkanes of at least 4 members (excludes halogenated alkanes) is 29. The van der Waals surface area contributed by atoms with Crippen molar-refractivity contribution in [3.63, 3.8) is 0 Å². The fourth-order valence-corrected chi connectivity index (χ4v) is 5.99. The molecule has 5 N–H and O–H groups in total. The van der Waals surface area contributed by atoms with Gasteiger partial charge in [-0.1, -0.05) is 221 Å². The van der Waals surface area contributed by atoms with Crippen LogP contribution in [-0.4, -0.2) is 55.4 Å². The van der Waals surface area contributed by atoms with Crippen LogP contribution in [0.5, 0.6) is 0 Å². The van der Waals surface area contributed by atoms with Crippen LogP contribution in [0.4, 0.5) is 0 Å². The zero-order valence-electron chi connectivity index (χ0n) is 39.4. The molecule has 354 valence electrons. The van der Waals surface area contributed by atoms with Crippen molar-refractivity contribution in [1.29, 1.82) is 0 Å². The molecule has 0 fully saturated rings. The number of hydrogen-bond acceptors (Lipinski definition) is 5. The number of hydrogen-bond donors (Lipinski definition) is 5. The van der Waals surface area contributed by atoms with E-state index in [0.717, 1.165) is 64.2 Å². The third kappa shape index (κ3) is 92.1. The molecule has 0 heterocycles. The maximum Gasteiger partial charge on any atom is 0.303 e. The van der Waals surface area contributed by atoms with Crippen LogP contribution in [0, 0.1) is 0 Å². The lowest BCUT2D eigenvalue weighted by Gasteiger charge is -2.01. The van der Waals surface area contributed by atoms with Crippen molar-refractivity contribution in [1.82, 2.24) is 0 Å². The monoisotopic (exact) mass is 847 g/mol. The number of carboxylic acids is 5. The van der Waals surface area contributed by atoms with E-state index >= 15 is 0 Å². The van der Waals surface area contributed by atoms with Gasteiger partial charge >= 0.3 is 29.8 Å². The summed E-state index contributed by atoms with van der Waals surface area (Å²) in [6, 6.07) is 0. The average molecular weight is 847 g/mol. The number of carbonyl (C=O) groups is 5. The Morgan fingerprint density at radius 3 is 0.407 bits per heavy atom. The first-order chi connectivity index (χ1) is 28.4. The van der Waals surface area contributed by atoms with Gasteiger partial charge < -0.3 is 25.5 Å². The highest BCUT2D eigenvalue weighted by Gasteiger charge is 1.99. The Morgan fingerprint density at radius 1 is 0.203 bits per heavy atom. The number of carboxylic acid groups (broad SMARTS) is 5. The molecule has 59 heavy (non-hydrogen) atoms. The van der Waals surface area contributed by atoms with E-state index in [9.17, 15) is 24.0 Å². The Kier molecular flexibility index (Phi) is 68.8. The third-order valence-electron chi connectivity index (χ3n) is 9.72. The molecule has 10 nitrogen and oxygen atoms in total. The lowest BCUT2D eigenvalue weighted by Crippen LogP contribution is -1.93. The molecule has 0 radical (unpaired) electrons. The summed E-state index contributed by atoms with van der Waals surface area (Å²) in [7, 11) is 0. The minimum Gasteiger partial charge on any atom is -0.481 e. The summed E-state index contributed by atoms with van der Waals surface area (Å²) in [6.45, 7) is 10.9. The number of aliphatic carboxylic acids is 5. The first-order valence-electron chi connectivity index (χ1n) is 24.4. The minimum atomic E-state index is -0.670. The zero-order valence-corrected chi connectivity index (χ0v) is 39.4. The lowest BCUT2D eigenvalue weighted by atomic mass is 10.1. The van der Waals surface area contributed by atoms with Gasteiger partial charge in [0.25, 0.3) is 0 Å². The maximum atomic E-state index is 10.2. The minimum absolute atomic E-state index is 0.337. The maximum absolute atomic E-state index is 10.2. The van der Waals surface area contributed by atoms with Gasteiger partial charge in [-0.15, -0.1) is 0 Å². The molecule has 0 atom stereocenters. The van der Waals surface area contributed by atoms with Crippen molar-refractivity contribution < 1.29 is 49.5 Å². The molecule has 0 saturated carbocycles. The van der Waals surface area contributed by atoms with Gasteiger partial charge in [0.1, 0.15) is 0 Å². The van der Waals surface area contributed by atoms with Gasteiger partial charge in [0.2, 0.25) is 0 Å². The van der Waals surface area contributed by atoms with E-state index in [1.807, 2.05) is 0 Å². The predicted molar refractivity (Wildman–Crippen MR) is 247 cm³/mol. The summed E-state index contributed by atoms with van der Waals surface area (Å²) in [4.78, 5) is 50.6. The van der Waals surface area contributed by atoms with Gasteiger partial charge in [0.15, 0.2) is 0 Å². The zero-order chi connectivity index (χ0) is 45.5. The van der Waals surface area contributed by atoms with Crippen LogP contribution in [0.2, 0.25) is 0 Å². The van der Waals surface area contributed by atoms with Crippen molar-refractivity contribution >= 4 is 29.8 Å². The Balaban J connectivity index is -0.000000208. The van der Waals surface area contributed by atoms with Crippen LogP contribution in [0.25, 0.3) is 0 Å². The standard InChI is InChI=1S/C13H26O2.2C10H20O2.2C8H16O2/c1-2-3-4-5-6-7-8-9-10-11-12-13(14)15;2*1-2-3-4-5-6-7-8-9-10(11)12;2*1-2-3-4-5-6-7-8(9)10/h2-12H2,1H3,(H,14,15);2*2-9H2,1H3,(H,11,12);2*2-7H2,1H3,(H,9,10). The average Bonchev–Trinajstić information content (AvgIpc) is 3.18. The Hall–Kier alpha value is -2.65. The summed E-state index contributed by atoms with van der Waals surface area (Å²) in [5.74, 6) is -3.32. The normalized spacial score (nSPS) is 10.1. The van der Waals surface area contributed by atoms with Crippen LogP contribution in [-0.2, 0) is 24.0 Å². The van der Waals surface area contributed by atoms with E-state index in [1.165, 1.54) is 154 Å². The quantitative estimate of drug-likeness (QED) is 0.0373. The smallest absolute Gasteiger partial charge is 0.303 e. The van der Waals surface area contributed by atoms with E-state index in [0.29, 0.717) is 32.1 Å². The molecular weight excluding hydrogens is 749 g/mol. The molecule has 0 aliphatic heterocycles. The topological polar surface area (TPSA) is 186 Å². The molecule has 0 aromatic rings. The molecular formula is C49H98O10. The number of rotatable bonds is 39. The van der Waals surface area contributed by atoms with Gasteiger partial charge in [-0.2, -0.15) is 0 Å². The molecule has 0 bridgehead atoms. The summed E-state index contributed by atoms with van der Waals surface area (Å²) in [5, 5.41) is 41.7. The Bertz CT molecular complexity index is 810. The van der Waals surface area contributed by atoms with E-state index in [-0.39, 0.29) is 0 Å². The predicted octanol–water partition coefficient (Wildman–Crippen LogP) is 15.7. The molecule has 0 unspecified atom stereocenters. The molecule has 0 rings (SSSR count). The van der Waals surface area contributed by atoms with Crippen molar-refractivity contribution in [3.8, 4) is 0 Å². The van der Waals surface area contributed by atoms with Crippen molar-refractivity contribution in [2.75, 3.05) is 0 Å². The Labute approximate surface area is 363 Å². The van der Waals surface area contributed by atoms with Crippen LogP contribution in [0.1, 0.15) is 285 Å². The molecule has 0 aromatic heterocycles. The largest absolute Gasteiger partial charge is 0.481 e. The molecule has 10 heteroatoms. The fourth-order valence-electron chi connectivity index (χ4n) is 5.99. The fraction of sp³-hybridized carbons (Fsp3) is 0.898. The lowest BCUT2D eigenvalue weighted by molar-refractivity contribution is -0.138. The molecule has 0 saturated heterocycles. The van der Waals surface area contributed by atoms with Crippen LogP contribution < -0.4 is 0 Å². The van der Waals surface area contributed by atoms with Crippen molar-refractivity contribution in [2.45, 2.75) is 285 Å². The van der Waals surface area contributed by atoms with Crippen LogP contribution in [0.15, 0.2) is 0 Å². The third-order valence-corrected chi connectivity index (χ3v) is 9.72. The summed E-state index contributed by atoms with van der Waals surface area (Å²) in [6.07, 6.45) is 42.0. The highest BCUT2D eigenvalue weighted by Crippen LogP contribution is 2.12. The van der Waals surface area contributed by atoms with Gasteiger partial charge in [0, 0.05) is 32.1 Å². The molecule has 0 aromatic carbocycles. The SMILES string of the molecule is CCCCCCCC(=O)O.CCCCCCCC(=O)O.CCCCCCCCCC(=O)O.CCCCCCCCCC(=O)O.CCCCCCCCCCCCC(=O)O. The summed E-state index contributed by atoms with van der Waals surface area (Å²) >= 11 is 0. The first-order valence-corrected chi connectivity index (χ1v) is 24.4. The molecule has 0 spiro atoms. The van der Waals surface area contributed by atoms with E-state index in [4.69, 9.17) is 25.5 Å². The second kappa shape index (κ2) is 62.0. The van der Waals surface area contributed by atoms with Crippen molar-refractivity contribution in [2.24, 2.45) is 0 Å². The van der Waals surface area contributed by atoms with Gasteiger partial charge in [0.05, 0.1) is 0 Å². The van der Waals surface area contributed by atoms with Crippen LogP contribution >= 0.6 is 0 Å². The van der Waals surface area contributed by atoms with Crippen molar-refractivity contribution in [3.05, 3.63) is 0 Å².